The normalized spacial score (nSPS) is 14.1. The SMILES string of the molecule is COc1cccc(C(O)N2Cc3cnn(C)c3Nc3ccccc32)c1. The Kier molecular flexibility index (Phi) is 3.82. The zero-order valence-electron chi connectivity index (χ0n) is 14.2. The average Bonchev–Trinajstić information content (AvgIpc) is 2.90. The van der Waals surface area contributed by atoms with Crippen molar-refractivity contribution in [3.8, 4) is 5.75 Å². The third kappa shape index (κ3) is 2.70. The molecule has 1 aliphatic heterocycles. The maximum atomic E-state index is 11.1. The smallest absolute Gasteiger partial charge is 0.153 e. The second-order valence-electron chi connectivity index (χ2n) is 6.06. The van der Waals surface area contributed by atoms with Crippen LogP contribution < -0.4 is 15.0 Å². The highest BCUT2D eigenvalue weighted by atomic mass is 16.5. The number of aliphatic hydroxyl groups is 1. The van der Waals surface area contributed by atoms with Gasteiger partial charge in [-0.25, -0.2) is 0 Å². The van der Waals surface area contributed by atoms with E-state index in [9.17, 15) is 5.11 Å². The molecule has 0 saturated heterocycles. The summed E-state index contributed by atoms with van der Waals surface area (Å²) in [7, 11) is 3.53. The van der Waals surface area contributed by atoms with Crippen molar-refractivity contribution >= 4 is 17.2 Å². The minimum Gasteiger partial charge on any atom is -0.497 e. The van der Waals surface area contributed by atoms with Gasteiger partial charge in [-0.2, -0.15) is 5.10 Å². The van der Waals surface area contributed by atoms with Crippen molar-refractivity contribution in [2.24, 2.45) is 7.05 Å². The maximum Gasteiger partial charge on any atom is 0.153 e. The standard InChI is InChI=1S/C19H20N4O2/c1-22-18-14(11-20-22)12-23(17-9-4-3-8-16(17)21-18)19(24)13-6-5-7-15(10-13)25-2/h3-11,19,21,24H,12H2,1-2H3. The number of aromatic nitrogens is 2. The minimum absolute atomic E-state index is 0.547. The molecule has 0 spiro atoms. The minimum atomic E-state index is -0.802. The molecule has 6 nitrogen and oxygen atoms in total. The van der Waals surface area contributed by atoms with Gasteiger partial charge in [0.15, 0.2) is 6.23 Å². The Morgan fingerprint density at radius 2 is 2.04 bits per heavy atom. The molecule has 2 aromatic carbocycles. The number of hydrogen-bond acceptors (Lipinski definition) is 5. The van der Waals surface area contributed by atoms with Crippen molar-refractivity contribution in [2.45, 2.75) is 12.8 Å². The summed E-state index contributed by atoms with van der Waals surface area (Å²) in [5.41, 5.74) is 3.68. The molecule has 0 amide bonds. The van der Waals surface area contributed by atoms with Crippen molar-refractivity contribution in [1.82, 2.24) is 9.78 Å². The largest absolute Gasteiger partial charge is 0.497 e. The number of para-hydroxylation sites is 2. The summed E-state index contributed by atoms with van der Waals surface area (Å²) in [6.07, 6.45) is 1.03. The number of benzene rings is 2. The monoisotopic (exact) mass is 336 g/mol. The quantitative estimate of drug-likeness (QED) is 0.769. The van der Waals surface area contributed by atoms with Gasteiger partial charge in [0.25, 0.3) is 0 Å². The zero-order valence-corrected chi connectivity index (χ0v) is 14.2. The van der Waals surface area contributed by atoms with E-state index in [1.165, 1.54) is 0 Å². The number of anilines is 3. The molecular weight excluding hydrogens is 316 g/mol. The molecule has 1 aromatic heterocycles. The molecule has 6 heteroatoms. The highest BCUT2D eigenvalue weighted by Crippen LogP contribution is 2.39. The van der Waals surface area contributed by atoms with Gasteiger partial charge < -0.3 is 20.1 Å². The molecule has 0 aliphatic carbocycles. The van der Waals surface area contributed by atoms with Gasteiger partial charge >= 0.3 is 0 Å². The first-order chi connectivity index (χ1) is 12.2. The molecule has 1 aliphatic rings. The zero-order chi connectivity index (χ0) is 17.4. The summed E-state index contributed by atoms with van der Waals surface area (Å²) >= 11 is 0. The van der Waals surface area contributed by atoms with Crippen molar-refractivity contribution in [3.63, 3.8) is 0 Å². The van der Waals surface area contributed by atoms with Crippen LogP contribution in [-0.2, 0) is 13.6 Å². The molecule has 3 aromatic rings. The van der Waals surface area contributed by atoms with E-state index >= 15 is 0 Å². The summed E-state index contributed by atoms with van der Waals surface area (Å²) < 4.78 is 7.10. The fraction of sp³-hybridized carbons (Fsp3) is 0.211. The number of aliphatic hydroxyl groups excluding tert-OH is 1. The highest BCUT2D eigenvalue weighted by Gasteiger charge is 2.26. The molecule has 1 unspecified atom stereocenters. The van der Waals surface area contributed by atoms with Gasteiger partial charge in [0.2, 0.25) is 0 Å². The predicted octanol–water partition coefficient (Wildman–Crippen LogP) is 3.18. The molecule has 1 atom stereocenters. The van der Waals surface area contributed by atoms with E-state index < -0.39 is 6.23 Å². The van der Waals surface area contributed by atoms with E-state index in [1.54, 1.807) is 7.11 Å². The van der Waals surface area contributed by atoms with Crippen molar-refractivity contribution in [1.29, 1.82) is 0 Å². The van der Waals surface area contributed by atoms with Gasteiger partial charge in [-0.1, -0.05) is 24.3 Å². The van der Waals surface area contributed by atoms with Gasteiger partial charge in [0.1, 0.15) is 11.6 Å². The number of fused-ring (bicyclic) bond motifs is 2. The summed E-state index contributed by atoms with van der Waals surface area (Å²) in [6, 6.07) is 15.5. The third-order valence-electron chi connectivity index (χ3n) is 4.51. The Morgan fingerprint density at radius 3 is 2.88 bits per heavy atom. The topological polar surface area (TPSA) is 62.6 Å². The van der Waals surface area contributed by atoms with Gasteiger partial charge in [-0.3, -0.25) is 4.68 Å². The highest BCUT2D eigenvalue weighted by molar-refractivity contribution is 5.78. The lowest BCUT2D eigenvalue weighted by molar-refractivity contribution is 0.170. The third-order valence-corrected chi connectivity index (χ3v) is 4.51. The lowest BCUT2D eigenvalue weighted by atomic mass is 10.1. The van der Waals surface area contributed by atoms with Crippen LogP contribution in [0.1, 0.15) is 17.4 Å². The number of rotatable bonds is 3. The number of ether oxygens (including phenoxy) is 1. The van der Waals surface area contributed by atoms with Crippen LogP contribution >= 0.6 is 0 Å². The van der Waals surface area contributed by atoms with E-state index in [1.807, 2.05) is 71.4 Å². The van der Waals surface area contributed by atoms with Crippen LogP contribution in [0.5, 0.6) is 5.75 Å². The molecule has 25 heavy (non-hydrogen) atoms. The van der Waals surface area contributed by atoms with Gasteiger partial charge in [0, 0.05) is 18.2 Å². The van der Waals surface area contributed by atoms with Gasteiger partial charge in [-0.15, -0.1) is 0 Å². The summed E-state index contributed by atoms with van der Waals surface area (Å²) in [5, 5.41) is 18.9. The molecule has 128 valence electrons. The summed E-state index contributed by atoms with van der Waals surface area (Å²) in [5.74, 6) is 1.66. The van der Waals surface area contributed by atoms with E-state index in [4.69, 9.17) is 4.74 Å². The Hall–Kier alpha value is -2.99. The Morgan fingerprint density at radius 1 is 1.20 bits per heavy atom. The molecular formula is C19H20N4O2. The first-order valence-corrected chi connectivity index (χ1v) is 8.13. The second kappa shape index (κ2) is 6.14. The molecule has 0 fully saturated rings. The molecule has 0 bridgehead atoms. The fourth-order valence-corrected chi connectivity index (χ4v) is 3.19. The summed E-state index contributed by atoms with van der Waals surface area (Å²) in [4.78, 5) is 1.96. The van der Waals surface area contributed by atoms with Crippen LogP contribution in [0.3, 0.4) is 0 Å². The number of nitrogens with zero attached hydrogens (tertiary/aromatic N) is 3. The number of methoxy groups -OCH3 is 1. The van der Waals surface area contributed by atoms with Crippen LogP contribution in [0.4, 0.5) is 17.2 Å². The van der Waals surface area contributed by atoms with Crippen LogP contribution in [0.2, 0.25) is 0 Å². The number of aryl methyl sites for hydroxylation is 1. The van der Waals surface area contributed by atoms with Crippen LogP contribution in [-0.4, -0.2) is 22.0 Å². The number of nitrogens with one attached hydrogen (secondary N) is 1. The lowest BCUT2D eigenvalue weighted by Crippen LogP contribution is -2.27. The Labute approximate surface area is 146 Å². The van der Waals surface area contributed by atoms with Gasteiger partial charge in [0.05, 0.1) is 31.2 Å². The second-order valence-corrected chi connectivity index (χ2v) is 6.06. The van der Waals surface area contributed by atoms with E-state index in [-0.39, 0.29) is 0 Å². The van der Waals surface area contributed by atoms with Crippen LogP contribution in [0.25, 0.3) is 0 Å². The Balaban J connectivity index is 1.79. The molecule has 4 rings (SSSR count). The molecule has 0 radical (unpaired) electrons. The lowest BCUT2D eigenvalue weighted by Gasteiger charge is -2.30. The van der Waals surface area contributed by atoms with Crippen molar-refractivity contribution in [3.05, 3.63) is 65.9 Å². The van der Waals surface area contributed by atoms with E-state index in [2.05, 4.69) is 10.4 Å². The molecule has 2 N–H and O–H groups in total. The van der Waals surface area contributed by atoms with Crippen LogP contribution in [0, 0.1) is 0 Å². The summed E-state index contributed by atoms with van der Waals surface area (Å²) in [6.45, 7) is 0.547. The fourth-order valence-electron chi connectivity index (χ4n) is 3.19. The first-order valence-electron chi connectivity index (χ1n) is 8.13. The van der Waals surface area contributed by atoms with Crippen molar-refractivity contribution < 1.29 is 9.84 Å². The predicted molar refractivity (Wildman–Crippen MR) is 97.1 cm³/mol. The Bertz CT molecular complexity index is 906. The van der Waals surface area contributed by atoms with Gasteiger partial charge in [-0.05, 0) is 24.3 Å². The molecule has 2 heterocycles. The van der Waals surface area contributed by atoms with E-state index in [0.29, 0.717) is 6.54 Å². The van der Waals surface area contributed by atoms with E-state index in [0.717, 1.165) is 34.1 Å². The number of hydrogen-bond donors (Lipinski definition) is 2. The maximum absolute atomic E-state index is 11.1. The average molecular weight is 336 g/mol. The molecule has 0 saturated carbocycles. The first kappa shape index (κ1) is 15.5. The van der Waals surface area contributed by atoms with Crippen molar-refractivity contribution in [2.75, 3.05) is 17.3 Å². The van der Waals surface area contributed by atoms with Crippen LogP contribution in [0.15, 0.2) is 54.7 Å².